The van der Waals surface area contributed by atoms with Gasteiger partial charge in [0, 0.05) is 67.0 Å². The molecule has 3 aliphatic rings. The van der Waals surface area contributed by atoms with Gasteiger partial charge in [-0.2, -0.15) is 5.26 Å². The van der Waals surface area contributed by atoms with Crippen molar-refractivity contribution in [3.8, 4) is 72.8 Å². The number of nitriles is 1. The predicted octanol–water partition coefficient (Wildman–Crippen LogP) is 28.9. The third-order valence-electron chi connectivity index (χ3n) is 23.4. The molecule has 12 aromatic carbocycles. The predicted molar refractivity (Wildman–Crippen MR) is 465 cm³/mol. The lowest BCUT2D eigenvalue weighted by Crippen LogP contribution is -2.38. The fraction of sp³-hybridized carbons (Fsp3) is 0.298. The van der Waals surface area contributed by atoms with E-state index in [1.54, 1.807) is 0 Å². The molecule has 0 atom stereocenters. The average Bonchev–Trinajstić information content (AvgIpc) is 1.57. The minimum absolute atomic E-state index is 0.0225. The Balaban J connectivity index is 0.000000143. The summed E-state index contributed by atoms with van der Waals surface area (Å²) in [5, 5.41) is 9.51. The van der Waals surface area contributed by atoms with Crippen LogP contribution in [0.15, 0.2) is 237 Å². The summed E-state index contributed by atoms with van der Waals surface area (Å²) in [6.07, 6.45) is 0. The van der Waals surface area contributed by atoms with Gasteiger partial charge < -0.3 is 14.7 Å². The van der Waals surface area contributed by atoms with E-state index in [-0.39, 0.29) is 32.9 Å². The molecule has 548 valence electrons. The van der Waals surface area contributed by atoms with Gasteiger partial charge in [0.05, 0.1) is 11.6 Å². The summed E-state index contributed by atoms with van der Waals surface area (Å²) in [6.45, 7) is 55.0. The average molecular weight is 1420 g/mol. The normalized spacial score (nSPS) is 13.9. The molecule has 0 aliphatic heterocycles. The summed E-state index contributed by atoms with van der Waals surface area (Å²) in [5.41, 5.74) is 42.0. The molecule has 0 fully saturated rings. The Labute approximate surface area is 647 Å². The van der Waals surface area contributed by atoms with Gasteiger partial charge in [0.1, 0.15) is 0 Å². The van der Waals surface area contributed by atoms with Crippen LogP contribution >= 0.6 is 0 Å². The van der Waals surface area contributed by atoms with E-state index in [4.69, 9.17) is 0 Å². The van der Waals surface area contributed by atoms with Crippen molar-refractivity contribution in [2.75, 3.05) is 14.7 Å². The van der Waals surface area contributed by atoms with Crippen molar-refractivity contribution in [3.05, 3.63) is 320 Å². The van der Waals surface area contributed by atoms with Crippen LogP contribution in [0.4, 0.5) is 34.1 Å². The summed E-state index contributed by atoms with van der Waals surface area (Å²) in [4.78, 5) is 7.61. The molecule has 108 heavy (non-hydrogen) atoms. The third-order valence-corrected chi connectivity index (χ3v) is 23.4. The summed E-state index contributed by atoms with van der Waals surface area (Å²) in [7, 11) is 0. The second-order valence-corrected chi connectivity index (χ2v) is 35.9. The van der Waals surface area contributed by atoms with Crippen molar-refractivity contribution in [1.82, 2.24) is 0 Å². The number of benzene rings is 12. The standard InChI is InChI=1S/C36H41N.C34H34N2.C34H37N/c1-23(2)27-17-18-31-30(20-27)29-19-25(4)34(22-32(29)36(31,8)9)37(35(5,6)7)33-21-28(16-15-24(33)3)26-13-11-10-12-14-26;1-22-13-15-26(25-11-9-8-10-12-25)19-31(22)36(33(3,4)5)32-20-30-28(17-23(32)2)27-16-14-24(21-35)18-29(27)34(30,6)7;1-22-14-17-29-27(18-22)28-19-24(3)32(21-30(28)34(29,7)8)35(33(4,5)6)31-20-26(16-15-23(31)2)25-12-10-9-11-13-25/h10-23H,1-9H3;8-20H,1-7H3;9-21H,1-8H3. The molecule has 3 aliphatic carbocycles. The van der Waals surface area contributed by atoms with Gasteiger partial charge in [-0.15, -0.1) is 0 Å². The first-order valence-corrected chi connectivity index (χ1v) is 39.1. The Morgan fingerprint density at radius 1 is 0.278 bits per heavy atom. The van der Waals surface area contributed by atoms with Gasteiger partial charge >= 0.3 is 0 Å². The lowest BCUT2D eigenvalue weighted by molar-refractivity contribution is 0.557. The highest BCUT2D eigenvalue weighted by atomic mass is 15.2. The monoisotopic (exact) mass is 1420 g/mol. The third kappa shape index (κ3) is 13.9. The fourth-order valence-electron chi connectivity index (χ4n) is 17.5. The second kappa shape index (κ2) is 28.3. The highest BCUT2D eigenvalue weighted by molar-refractivity contribution is 5.90. The van der Waals surface area contributed by atoms with E-state index in [9.17, 15) is 5.26 Å². The van der Waals surface area contributed by atoms with Gasteiger partial charge in [-0.3, -0.25) is 0 Å². The van der Waals surface area contributed by atoms with Gasteiger partial charge in [0.25, 0.3) is 0 Å². The van der Waals surface area contributed by atoms with Gasteiger partial charge in [0.15, 0.2) is 0 Å². The van der Waals surface area contributed by atoms with E-state index in [1.807, 2.05) is 6.07 Å². The van der Waals surface area contributed by atoms with Crippen LogP contribution in [0.3, 0.4) is 0 Å². The van der Waals surface area contributed by atoms with Gasteiger partial charge in [0.2, 0.25) is 0 Å². The van der Waals surface area contributed by atoms with Gasteiger partial charge in [-0.1, -0.05) is 231 Å². The zero-order valence-electron chi connectivity index (χ0n) is 68.9. The maximum atomic E-state index is 9.51. The first kappa shape index (κ1) is 75.8. The van der Waals surface area contributed by atoms with Crippen LogP contribution in [-0.2, 0) is 16.2 Å². The van der Waals surface area contributed by atoms with Crippen LogP contribution in [0.25, 0.3) is 66.8 Å². The molecule has 4 heteroatoms. The van der Waals surface area contributed by atoms with Crippen molar-refractivity contribution in [1.29, 1.82) is 5.26 Å². The number of anilines is 6. The van der Waals surface area contributed by atoms with Gasteiger partial charge in [-0.05, 0) is 323 Å². The molecule has 12 aromatic rings. The number of nitrogens with zero attached hydrogens (tertiary/aromatic N) is 4. The number of aryl methyl sites for hydroxylation is 7. The van der Waals surface area contributed by atoms with Crippen LogP contribution in [0.1, 0.15) is 207 Å². The molecule has 0 bridgehead atoms. The van der Waals surface area contributed by atoms with Crippen molar-refractivity contribution in [2.45, 2.75) is 205 Å². The summed E-state index contributed by atoms with van der Waals surface area (Å²) in [6, 6.07) is 89.6. The van der Waals surface area contributed by atoms with Crippen LogP contribution < -0.4 is 14.7 Å². The Bertz CT molecular complexity index is 5480. The van der Waals surface area contributed by atoms with Crippen molar-refractivity contribution >= 4 is 34.1 Å². The van der Waals surface area contributed by atoms with E-state index >= 15 is 0 Å². The van der Waals surface area contributed by atoms with Crippen LogP contribution in [0.5, 0.6) is 0 Å². The molecule has 0 unspecified atom stereocenters. The molecule has 4 nitrogen and oxygen atoms in total. The summed E-state index contributed by atoms with van der Waals surface area (Å²) >= 11 is 0. The smallest absolute Gasteiger partial charge is 0.0991 e. The molecular formula is C104H112N4. The quantitative estimate of drug-likeness (QED) is 0.137. The number of rotatable bonds is 10. The Morgan fingerprint density at radius 2 is 0.583 bits per heavy atom. The van der Waals surface area contributed by atoms with E-state index in [0.29, 0.717) is 5.92 Å². The fourth-order valence-corrected chi connectivity index (χ4v) is 17.5. The molecular weight excluding hydrogens is 1310 g/mol. The first-order valence-electron chi connectivity index (χ1n) is 39.1. The van der Waals surface area contributed by atoms with E-state index < -0.39 is 0 Å². The van der Waals surface area contributed by atoms with Crippen molar-refractivity contribution in [3.63, 3.8) is 0 Å². The van der Waals surface area contributed by atoms with Crippen LogP contribution in [0.2, 0.25) is 0 Å². The number of hydrogen-bond acceptors (Lipinski definition) is 4. The van der Waals surface area contributed by atoms with Crippen LogP contribution in [0, 0.1) is 59.8 Å². The second-order valence-electron chi connectivity index (χ2n) is 35.9. The zero-order chi connectivity index (χ0) is 77.6. The van der Waals surface area contributed by atoms with Crippen molar-refractivity contribution < 1.29 is 0 Å². The van der Waals surface area contributed by atoms with Crippen LogP contribution in [-0.4, -0.2) is 16.6 Å². The molecule has 0 spiro atoms. The maximum Gasteiger partial charge on any atom is 0.0991 e. The Kier molecular flexibility index (Phi) is 19.8. The Hall–Kier alpha value is -10.5. The van der Waals surface area contributed by atoms with E-state index in [1.165, 1.54) is 179 Å². The van der Waals surface area contributed by atoms with Gasteiger partial charge in [-0.25, -0.2) is 0 Å². The topological polar surface area (TPSA) is 33.5 Å². The van der Waals surface area contributed by atoms with E-state index in [0.717, 1.165) is 5.56 Å². The largest absolute Gasteiger partial charge is 0.336 e. The minimum atomic E-state index is -0.176. The minimum Gasteiger partial charge on any atom is -0.336 e. The number of hydrogen-bond donors (Lipinski definition) is 0. The number of fused-ring (bicyclic) bond motifs is 9. The molecule has 0 saturated carbocycles. The maximum absolute atomic E-state index is 9.51. The first-order chi connectivity index (χ1) is 50.9. The highest BCUT2D eigenvalue weighted by Gasteiger charge is 2.42. The van der Waals surface area contributed by atoms with Crippen molar-refractivity contribution in [2.24, 2.45) is 0 Å². The lowest BCUT2D eigenvalue weighted by Gasteiger charge is -2.40. The Morgan fingerprint density at radius 3 is 0.926 bits per heavy atom. The molecule has 0 heterocycles. The lowest BCUT2D eigenvalue weighted by atomic mass is 9.81. The molecule has 0 aromatic heterocycles. The molecule has 0 amide bonds. The molecule has 0 radical (unpaired) electrons. The molecule has 0 N–H and O–H groups in total. The SMILES string of the molecule is Cc1ccc(-c2ccccc2)cc1N(c1cc2c(cc1C)-c1cc(C(C)C)ccc1C2(C)C)C(C)(C)C.Cc1ccc(-c2ccccc2)cc1N(c1cc2c(cc1C)-c1ccc(C#N)cc1C2(C)C)C(C)(C)C.Cc1ccc2c(c1)-c1cc(C)c(N(c3cc(-c4ccccc4)ccc3C)C(C)(C)C)cc1C2(C)C. The zero-order valence-corrected chi connectivity index (χ0v) is 68.9. The molecule has 15 rings (SSSR count). The summed E-state index contributed by atoms with van der Waals surface area (Å²) < 4.78 is 0. The highest BCUT2D eigenvalue weighted by Crippen LogP contribution is 2.56. The molecule has 0 saturated heterocycles. The summed E-state index contributed by atoms with van der Waals surface area (Å²) in [5.74, 6) is 0.522. The van der Waals surface area contributed by atoms with E-state index in [2.05, 4.69) is 417 Å².